The van der Waals surface area contributed by atoms with Crippen LogP contribution in [0.3, 0.4) is 0 Å². The van der Waals surface area contributed by atoms with Crippen molar-refractivity contribution in [1.82, 2.24) is 19.7 Å². The summed E-state index contributed by atoms with van der Waals surface area (Å²) >= 11 is 5.72. The van der Waals surface area contributed by atoms with Gasteiger partial charge in [0.15, 0.2) is 0 Å². The molecule has 1 aromatic rings. The fourth-order valence-corrected chi connectivity index (χ4v) is 2.27. The number of carbonyl (C=O) groups excluding carboxylic acids is 1. The molecule has 1 amide bonds. The second-order valence-electron chi connectivity index (χ2n) is 5.94. The Morgan fingerprint density at radius 1 is 1.55 bits per heavy atom. The predicted molar refractivity (Wildman–Crippen MR) is 74.5 cm³/mol. The second kappa shape index (κ2) is 5.57. The van der Waals surface area contributed by atoms with Crippen LogP contribution < -0.4 is 5.73 Å². The van der Waals surface area contributed by atoms with Crippen LogP contribution in [0.1, 0.15) is 33.2 Å². The summed E-state index contributed by atoms with van der Waals surface area (Å²) in [6.07, 6.45) is 1.88. The molecule has 0 unspecified atom stereocenters. The van der Waals surface area contributed by atoms with Gasteiger partial charge in [-0.2, -0.15) is 0 Å². The van der Waals surface area contributed by atoms with E-state index in [9.17, 15) is 4.79 Å². The summed E-state index contributed by atoms with van der Waals surface area (Å²) < 4.78 is 6.99. The van der Waals surface area contributed by atoms with E-state index < -0.39 is 5.60 Å². The molecule has 1 saturated heterocycles. The number of carbonyl (C=O) groups is 1. The van der Waals surface area contributed by atoms with E-state index in [4.69, 9.17) is 22.1 Å². The number of hydrogen-bond acceptors (Lipinski definition) is 5. The molecule has 2 rings (SSSR count). The third-order valence-electron chi connectivity index (χ3n) is 3.11. The minimum absolute atomic E-state index is 0.0912. The number of aromatic nitrogens is 3. The van der Waals surface area contributed by atoms with Crippen molar-refractivity contribution in [2.75, 3.05) is 13.1 Å². The van der Waals surface area contributed by atoms with E-state index in [-0.39, 0.29) is 23.5 Å². The minimum atomic E-state index is -0.511. The van der Waals surface area contributed by atoms with E-state index in [2.05, 4.69) is 10.1 Å². The van der Waals surface area contributed by atoms with Crippen molar-refractivity contribution in [3.8, 4) is 0 Å². The van der Waals surface area contributed by atoms with E-state index in [1.165, 1.54) is 6.33 Å². The number of amides is 1. The van der Waals surface area contributed by atoms with Crippen molar-refractivity contribution in [3.63, 3.8) is 0 Å². The Hall–Kier alpha value is -1.34. The molecule has 0 aromatic carbocycles. The highest BCUT2D eigenvalue weighted by Gasteiger charge is 2.33. The Bertz CT molecular complexity index is 484. The number of halogens is 1. The maximum atomic E-state index is 12.1. The lowest BCUT2D eigenvalue weighted by Crippen LogP contribution is -2.51. The van der Waals surface area contributed by atoms with Gasteiger partial charge in [0.25, 0.3) is 0 Å². The summed E-state index contributed by atoms with van der Waals surface area (Å²) in [5.41, 5.74) is 5.59. The predicted octanol–water partition coefficient (Wildman–Crippen LogP) is 1.44. The zero-order valence-electron chi connectivity index (χ0n) is 11.9. The topological polar surface area (TPSA) is 86.3 Å². The summed E-state index contributed by atoms with van der Waals surface area (Å²) in [5, 5.41) is 4.24. The maximum absolute atomic E-state index is 12.1. The second-order valence-corrected chi connectivity index (χ2v) is 6.28. The largest absolute Gasteiger partial charge is 0.444 e. The van der Waals surface area contributed by atoms with Gasteiger partial charge in [0.2, 0.25) is 5.28 Å². The Morgan fingerprint density at radius 2 is 2.25 bits per heavy atom. The molecule has 2 atom stereocenters. The summed E-state index contributed by atoms with van der Waals surface area (Å²) in [7, 11) is 0. The van der Waals surface area contributed by atoms with Crippen molar-refractivity contribution in [2.24, 2.45) is 5.73 Å². The van der Waals surface area contributed by atoms with Crippen molar-refractivity contribution in [3.05, 3.63) is 11.6 Å². The quantitative estimate of drug-likeness (QED) is 0.848. The molecule has 1 aliphatic rings. The minimum Gasteiger partial charge on any atom is -0.444 e. The van der Waals surface area contributed by atoms with Gasteiger partial charge >= 0.3 is 6.09 Å². The van der Waals surface area contributed by atoms with Gasteiger partial charge in [0.05, 0.1) is 6.04 Å². The molecule has 20 heavy (non-hydrogen) atoms. The lowest BCUT2D eigenvalue weighted by Gasteiger charge is -2.37. The zero-order valence-corrected chi connectivity index (χ0v) is 12.7. The zero-order chi connectivity index (χ0) is 14.9. The van der Waals surface area contributed by atoms with E-state index in [0.717, 1.165) is 0 Å². The molecular formula is C12H20ClN5O2. The average Bonchev–Trinajstić information content (AvgIpc) is 2.74. The number of likely N-dealkylation sites (tertiary alicyclic amines) is 1. The van der Waals surface area contributed by atoms with Gasteiger partial charge in [0, 0.05) is 19.1 Å². The lowest BCUT2D eigenvalue weighted by molar-refractivity contribution is 0.0150. The number of rotatable bonds is 1. The number of hydrogen-bond donors (Lipinski definition) is 1. The number of piperidine rings is 1. The standard InChI is InChI=1S/C12H20ClN5O2/c1-12(2,3)20-11(19)17-5-4-8(14)9(6-17)18-7-15-10(13)16-18/h7-9H,4-6,14H2,1-3H3/t8-,9+/m1/s1. The van der Waals surface area contributed by atoms with E-state index >= 15 is 0 Å². The molecule has 2 heterocycles. The number of ether oxygens (including phenoxy) is 1. The Balaban J connectivity index is 2.06. The first kappa shape index (κ1) is 15.1. The number of nitrogens with two attached hydrogens (primary N) is 1. The smallest absolute Gasteiger partial charge is 0.410 e. The highest BCUT2D eigenvalue weighted by molar-refractivity contribution is 6.28. The van der Waals surface area contributed by atoms with Crippen LogP contribution >= 0.6 is 11.6 Å². The van der Waals surface area contributed by atoms with Crippen LogP contribution in [0.4, 0.5) is 4.79 Å². The first-order valence-corrected chi connectivity index (χ1v) is 6.94. The molecule has 0 saturated carbocycles. The fraction of sp³-hybridized carbons (Fsp3) is 0.750. The fourth-order valence-electron chi connectivity index (χ4n) is 2.14. The summed E-state index contributed by atoms with van der Waals surface area (Å²) in [4.78, 5) is 17.6. The van der Waals surface area contributed by atoms with Crippen LogP contribution in [-0.2, 0) is 4.74 Å². The molecule has 0 bridgehead atoms. The van der Waals surface area contributed by atoms with E-state index in [1.807, 2.05) is 20.8 Å². The third kappa shape index (κ3) is 3.61. The highest BCUT2D eigenvalue weighted by atomic mass is 35.5. The summed E-state index contributed by atoms with van der Waals surface area (Å²) in [6, 6.07) is -0.234. The molecule has 1 fully saturated rings. The number of nitrogens with zero attached hydrogens (tertiary/aromatic N) is 4. The van der Waals surface area contributed by atoms with Crippen molar-refractivity contribution < 1.29 is 9.53 Å². The first-order valence-electron chi connectivity index (χ1n) is 6.56. The van der Waals surface area contributed by atoms with Crippen LogP contribution in [0.15, 0.2) is 6.33 Å². The van der Waals surface area contributed by atoms with Gasteiger partial charge in [0.1, 0.15) is 11.9 Å². The molecule has 0 spiro atoms. The Kier molecular flexibility index (Phi) is 4.19. The molecule has 112 valence electrons. The molecule has 2 N–H and O–H groups in total. The van der Waals surface area contributed by atoms with Gasteiger partial charge < -0.3 is 15.4 Å². The highest BCUT2D eigenvalue weighted by Crippen LogP contribution is 2.22. The Morgan fingerprint density at radius 3 is 2.80 bits per heavy atom. The summed E-state index contributed by atoms with van der Waals surface area (Å²) in [5.74, 6) is 0. The van der Waals surface area contributed by atoms with Crippen LogP contribution in [0, 0.1) is 0 Å². The van der Waals surface area contributed by atoms with Crippen LogP contribution in [0.25, 0.3) is 0 Å². The van der Waals surface area contributed by atoms with Gasteiger partial charge in [-0.15, -0.1) is 5.10 Å². The van der Waals surface area contributed by atoms with Gasteiger partial charge in [-0.25, -0.2) is 14.5 Å². The molecule has 1 aromatic heterocycles. The van der Waals surface area contributed by atoms with Crippen molar-refractivity contribution >= 4 is 17.7 Å². The molecule has 7 nitrogen and oxygen atoms in total. The maximum Gasteiger partial charge on any atom is 0.410 e. The monoisotopic (exact) mass is 301 g/mol. The first-order chi connectivity index (χ1) is 9.26. The summed E-state index contributed by atoms with van der Waals surface area (Å²) in [6.45, 7) is 6.55. The van der Waals surface area contributed by atoms with Crippen LogP contribution in [-0.4, -0.2) is 50.5 Å². The molecule has 8 heteroatoms. The normalized spacial score (nSPS) is 23.8. The Labute approximate surface area is 123 Å². The van der Waals surface area contributed by atoms with E-state index in [0.29, 0.717) is 19.5 Å². The van der Waals surface area contributed by atoms with Gasteiger partial charge in [-0.1, -0.05) is 0 Å². The average molecular weight is 302 g/mol. The lowest BCUT2D eigenvalue weighted by atomic mass is 10.0. The van der Waals surface area contributed by atoms with Crippen molar-refractivity contribution in [2.45, 2.75) is 44.9 Å². The third-order valence-corrected chi connectivity index (χ3v) is 3.28. The molecule has 0 aliphatic carbocycles. The SMILES string of the molecule is CC(C)(C)OC(=O)N1CC[C@@H](N)[C@@H](n2cnc(Cl)n2)C1. The molecule has 0 radical (unpaired) electrons. The van der Waals surface area contributed by atoms with Crippen LogP contribution in [0.2, 0.25) is 5.28 Å². The van der Waals surface area contributed by atoms with Crippen molar-refractivity contribution in [1.29, 1.82) is 0 Å². The van der Waals surface area contributed by atoms with Gasteiger partial charge in [-0.3, -0.25) is 0 Å². The molecule has 1 aliphatic heterocycles. The molecular weight excluding hydrogens is 282 g/mol. The van der Waals surface area contributed by atoms with Gasteiger partial charge in [-0.05, 0) is 38.8 Å². The van der Waals surface area contributed by atoms with E-state index in [1.54, 1.807) is 9.58 Å². The van der Waals surface area contributed by atoms with Crippen LogP contribution in [0.5, 0.6) is 0 Å².